The Bertz CT molecular complexity index is 603. The number of sulfonamides is 1. The van der Waals surface area contributed by atoms with Crippen LogP contribution in [0, 0.1) is 13.8 Å². The summed E-state index contributed by atoms with van der Waals surface area (Å²) in [5.41, 5.74) is 0.306. The summed E-state index contributed by atoms with van der Waals surface area (Å²) in [6, 6.07) is -0.766. The van der Waals surface area contributed by atoms with Crippen LogP contribution < -0.4 is 0 Å². The lowest BCUT2D eigenvalue weighted by Crippen LogP contribution is -2.48. The predicted octanol–water partition coefficient (Wildman–Crippen LogP) is 1.40. The third-order valence-electron chi connectivity index (χ3n) is 3.55. The van der Waals surface area contributed by atoms with Crippen LogP contribution in [-0.4, -0.2) is 43.0 Å². The van der Waals surface area contributed by atoms with Crippen molar-refractivity contribution in [3.63, 3.8) is 0 Å². The van der Waals surface area contributed by atoms with E-state index in [9.17, 15) is 13.2 Å². The van der Waals surface area contributed by atoms with Crippen LogP contribution in [0.1, 0.15) is 37.6 Å². The number of piperidine rings is 1. The van der Waals surface area contributed by atoms with E-state index in [1.54, 1.807) is 20.8 Å². The maximum Gasteiger partial charge on any atom is 0.324 e. The van der Waals surface area contributed by atoms with Crippen LogP contribution in [0.5, 0.6) is 0 Å². The van der Waals surface area contributed by atoms with Gasteiger partial charge in [-0.15, -0.1) is 0 Å². The molecule has 1 saturated heterocycles. The summed E-state index contributed by atoms with van der Waals surface area (Å²) in [6.07, 6.45) is 2.00. The molecule has 1 aliphatic rings. The number of carbonyl (C=O) groups excluding carboxylic acids is 1. The zero-order valence-electron chi connectivity index (χ0n) is 12.5. The van der Waals surface area contributed by atoms with Gasteiger partial charge in [0.1, 0.15) is 16.6 Å². The zero-order chi connectivity index (χ0) is 15.6. The number of aromatic nitrogens is 1. The van der Waals surface area contributed by atoms with Crippen molar-refractivity contribution in [3.05, 3.63) is 11.5 Å². The monoisotopic (exact) mass is 316 g/mol. The molecule has 1 aliphatic heterocycles. The van der Waals surface area contributed by atoms with Gasteiger partial charge in [-0.1, -0.05) is 5.16 Å². The third-order valence-corrected chi connectivity index (χ3v) is 5.70. The molecule has 1 atom stereocenters. The predicted molar refractivity (Wildman–Crippen MR) is 74.1 cm³/mol. The standard InChI is InChI=1S/C13H20N2O5S/c1-4-19-13(16)11-7-5-6-8-15(11)21(17,18)12-9(2)14-20-10(12)3/h11H,4-8H2,1-3H3. The summed E-state index contributed by atoms with van der Waals surface area (Å²) in [5.74, 6) is -0.256. The Kier molecular flexibility index (Phi) is 4.67. The highest BCUT2D eigenvalue weighted by Crippen LogP contribution is 2.29. The molecule has 1 fully saturated rings. The largest absolute Gasteiger partial charge is 0.465 e. The highest BCUT2D eigenvalue weighted by molar-refractivity contribution is 7.89. The van der Waals surface area contributed by atoms with Crippen molar-refractivity contribution in [2.45, 2.75) is 51.0 Å². The Morgan fingerprint density at radius 2 is 2.14 bits per heavy atom. The van der Waals surface area contributed by atoms with Gasteiger partial charge in [0.25, 0.3) is 0 Å². The molecule has 2 rings (SSSR count). The van der Waals surface area contributed by atoms with Gasteiger partial charge in [0.2, 0.25) is 10.0 Å². The van der Waals surface area contributed by atoms with Gasteiger partial charge >= 0.3 is 5.97 Å². The van der Waals surface area contributed by atoms with Gasteiger partial charge in [0.15, 0.2) is 5.76 Å². The molecule has 0 aromatic carbocycles. The maximum absolute atomic E-state index is 12.8. The van der Waals surface area contributed by atoms with E-state index >= 15 is 0 Å². The van der Waals surface area contributed by atoms with Crippen LogP contribution in [-0.2, 0) is 19.6 Å². The van der Waals surface area contributed by atoms with Gasteiger partial charge < -0.3 is 9.26 Å². The van der Waals surface area contributed by atoms with E-state index in [-0.39, 0.29) is 17.3 Å². The van der Waals surface area contributed by atoms with Gasteiger partial charge in [-0.2, -0.15) is 4.31 Å². The Morgan fingerprint density at radius 3 is 2.71 bits per heavy atom. The molecule has 0 spiro atoms. The molecule has 1 aromatic rings. The molecular formula is C13H20N2O5S. The Morgan fingerprint density at radius 1 is 1.43 bits per heavy atom. The summed E-state index contributed by atoms with van der Waals surface area (Å²) in [6.45, 7) is 5.36. The van der Waals surface area contributed by atoms with E-state index in [1.165, 1.54) is 4.31 Å². The maximum atomic E-state index is 12.8. The molecule has 0 radical (unpaired) electrons. The first-order chi connectivity index (χ1) is 9.89. The van der Waals surface area contributed by atoms with Crippen LogP contribution in [0.15, 0.2) is 9.42 Å². The van der Waals surface area contributed by atoms with Crippen molar-refractivity contribution in [1.82, 2.24) is 9.46 Å². The topological polar surface area (TPSA) is 89.7 Å². The number of esters is 1. The first kappa shape index (κ1) is 16.0. The lowest BCUT2D eigenvalue weighted by Gasteiger charge is -2.32. The lowest BCUT2D eigenvalue weighted by atomic mass is 10.1. The number of nitrogens with zero attached hydrogens (tertiary/aromatic N) is 2. The van der Waals surface area contributed by atoms with Crippen LogP contribution in [0.25, 0.3) is 0 Å². The molecule has 118 valence electrons. The van der Waals surface area contributed by atoms with Crippen LogP contribution in [0.2, 0.25) is 0 Å². The van der Waals surface area contributed by atoms with Gasteiger partial charge in [0.05, 0.1) is 6.61 Å². The van der Waals surface area contributed by atoms with E-state index in [0.29, 0.717) is 18.7 Å². The molecule has 1 aromatic heterocycles. The molecule has 2 heterocycles. The number of carbonyl (C=O) groups is 1. The fourth-order valence-corrected chi connectivity index (χ4v) is 4.57. The number of rotatable bonds is 4. The molecule has 21 heavy (non-hydrogen) atoms. The van der Waals surface area contributed by atoms with Gasteiger partial charge in [-0.25, -0.2) is 8.42 Å². The first-order valence-electron chi connectivity index (χ1n) is 7.01. The second kappa shape index (κ2) is 6.15. The van der Waals surface area contributed by atoms with Crippen molar-refractivity contribution in [1.29, 1.82) is 0 Å². The minimum atomic E-state index is -3.82. The summed E-state index contributed by atoms with van der Waals surface area (Å²) in [7, 11) is -3.82. The van der Waals surface area contributed by atoms with Crippen LogP contribution >= 0.6 is 0 Å². The fraction of sp³-hybridized carbons (Fsp3) is 0.692. The van der Waals surface area contributed by atoms with Crippen LogP contribution in [0.3, 0.4) is 0 Å². The summed E-state index contributed by atoms with van der Waals surface area (Å²) in [5, 5.41) is 3.69. The highest BCUT2D eigenvalue weighted by atomic mass is 32.2. The van der Waals surface area contributed by atoms with E-state index in [1.807, 2.05) is 0 Å². The van der Waals surface area contributed by atoms with Gasteiger partial charge in [-0.3, -0.25) is 4.79 Å². The average molecular weight is 316 g/mol. The van der Waals surface area contributed by atoms with E-state index < -0.39 is 22.0 Å². The third kappa shape index (κ3) is 2.96. The molecule has 7 nitrogen and oxygen atoms in total. The van der Waals surface area contributed by atoms with Crippen molar-refractivity contribution in [3.8, 4) is 0 Å². The molecule has 1 unspecified atom stereocenters. The smallest absolute Gasteiger partial charge is 0.324 e. The fourth-order valence-electron chi connectivity index (χ4n) is 2.63. The normalized spacial score (nSPS) is 20.4. The summed E-state index contributed by atoms with van der Waals surface area (Å²) >= 11 is 0. The summed E-state index contributed by atoms with van der Waals surface area (Å²) < 4.78 is 36.8. The van der Waals surface area contributed by atoms with Gasteiger partial charge in [-0.05, 0) is 40.0 Å². The minimum Gasteiger partial charge on any atom is -0.465 e. The van der Waals surface area contributed by atoms with Crippen molar-refractivity contribution >= 4 is 16.0 Å². The molecule has 0 bridgehead atoms. The molecule has 0 amide bonds. The van der Waals surface area contributed by atoms with Gasteiger partial charge in [0, 0.05) is 6.54 Å². The second-order valence-corrected chi connectivity index (χ2v) is 6.86. The number of hydrogen-bond donors (Lipinski definition) is 0. The van der Waals surface area contributed by atoms with E-state index in [0.717, 1.165) is 12.8 Å². The van der Waals surface area contributed by atoms with Crippen molar-refractivity contribution < 1.29 is 22.5 Å². The Hall–Kier alpha value is -1.41. The molecule has 0 N–H and O–H groups in total. The Labute approximate surface area is 124 Å². The molecule has 8 heteroatoms. The first-order valence-corrected chi connectivity index (χ1v) is 8.45. The highest BCUT2D eigenvalue weighted by Gasteiger charge is 2.40. The Balaban J connectivity index is 2.39. The minimum absolute atomic E-state index is 0.0544. The lowest BCUT2D eigenvalue weighted by molar-refractivity contribution is -0.148. The average Bonchev–Trinajstić information content (AvgIpc) is 2.79. The van der Waals surface area contributed by atoms with Crippen molar-refractivity contribution in [2.75, 3.05) is 13.2 Å². The second-order valence-electron chi connectivity index (χ2n) is 5.03. The summed E-state index contributed by atoms with van der Waals surface area (Å²) in [4.78, 5) is 12.1. The van der Waals surface area contributed by atoms with Crippen molar-refractivity contribution in [2.24, 2.45) is 0 Å². The molecule has 0 aliphatic carbocycles. The number of ether oxygens (including phenoxy) is 1. The number of aryl methyl sites for hydroxylation is 2. The van der Waals surface area contributed by atoms with E-state index in [4.69, 9.17) is 9.26 Å². The SMILES string of the molecule is CCOC(=O)C1CCCCN1S(=O)(=O)c1c(C)noc1C. The zero-order valence-corrected chi connectivity index (χ0v) is 13.3. The van der Waals surface area contributed by atoms with E-state index in [2.05, 4.69) is 5.16 Å². The van der Waals surface area contributed by atoms with Crippen LogP contribution in [0.4, 0.5) is 0 Å². The number of hydrogen-bond acceptors (Lipinski definition) is 6. The quantitative estimate of drug-likeness (QED) is 0.780. The molecular weight excluding hydrogens is 296 g/mol. The molecule has 0 saturated carbocycles.